The van der Waals surface area contributed by atoms with Crippen molar-refractivity contribution in [3.8, 4) is 0 Å². The summed E-state index contributed by atoms with van der Waals surface area (Å²) in [5.74, 6) is 0.365. The van der Waals surface area contributed by atoms with Crippen LogP contribution in [0.2, 0.25) is 0 Å². The average molecular weight is 462 g/mol. The molecule has 4 aromatic heterocycles. The van der Waals surface area contributed by atoms with E-state index in [9.17, 15) is 14.4 Å². The fourth-order valence-corrected chi connectivity index (χ4v) is 5.25. The first-order valence-electron chi connectivity index (χ1n) is 10.6. The highest BCUT2D eigenvalue weighted by molar-refractivity contribution is 7.17. The van der Waals surface area contributed by atoms with Crippen LogP contribution in [-0.4, -0.2) is 24.7 Å². The first kappa shape index (κ1) is 19.7. The number of nitrogens with zero attached hydrogens (tertiary/aromatic N) is 4. The maximum Gasteiger partial charge on any atom is 0.352 e. The van der Waals surface area contributed by atoms with Crippen LogP contribution in [0.1, 0.15) is 23.3 Å². The van der Waals surface area contributed by atoms with Crippen molar-refractivity contribution < 1.29 is 9.21 Å². The monoisotopic (exact) mass is 461 g/mol. The molecule has 0 radical (unpaired) electrons. The Hall–Kier alpha value is -3.92. The Kier molecular flexibility index (Phi) is 4.54. The quantitative estimate of drug-likeness (QED) is 0.433. The van der Waals surface area contributed by atoms with E-state index in [1.165, 1.54) is 37.7 Å². The van der Waals surface area contributed by atoms with Gasteiger partial charge < -0.3 is 9.73 Å². The highest BCUT2D eigenvalue weighted by atomic mass is 32.1. The van der Waals surface area contributed by atoms with Gasteiger partial charge in [0, 0.05) is 5.69 Å². The van der Waals surface area contributed by atoms with Crippen molar-refractivity contribution >= 4 is 38.9 Å². The fourth-order valence-electron chi connectivity index (χ4n) is 4.42. The molecule has 0 fully saturated rings. The van der Waals surface area contributed by atoms with Crippen molar-refractivity contribution in [3.63, 3.8) is 0 Å². The Morgan fingerprint density at radius 1 is 1.15 bits per heavy atom. The van der Waals surface area contributed by atoms with Crippen molar-refractivity contribution in [2.24, 2.45) is 0 Å². The lowest BCUT2D eigenvalue weighted by Crippen LogP contribution is -2.29. The van der Waals surface area contributed by atoms with E-state index in [1.807, 2.05) is 18.2 Å². The summed E-state index contributed by atoms with van der Waals surface area (Å²) < 4.78 is 9.70. The lowest BCUT2D eigenvalue weighted by atomic mass is 10.1. The number of thiophene rings is 1. The zero-order chi connectivity index (χ0) is 22.5. The predicted octanol–water partition coefficient (Wildman–Crippen LogP) is 2.64. The number of aryl methyl sites for hydroxylation is 2. The van der Waals surface area contributed by atoms with Gasteiger partial charge in [-0.25, -0.2) is 13.9 Å². The third-order valence-electron chi connectivity index (χ3n) is 5.96. The van der Waals surface area contributed by atoms with E-state index in [4.69, 9.17) is 4.42 Å². The van der Waals surface area contributed by atoms with Crippen molar-refractivity contribution in [2.45, 2.75) is 32.4 Å². The van der Waals surface area contributed by atoms with Gasteiger partial charge >= 0.3 is 5.69 Å². The van der Waals surface area contributed by atoms with Crippen LogP contribution >= 0.6 is 11.3 Å². The molecule has 1 N–H and O–H groups in total. The van der Waals surface area contributed by atoms with Crippen LogP contribution in [0.5, 0.6) is 0 Å². The number of nitrogens with one attached hydrogen (secondary N) is 1. The Balaban J connectivity index is 1.38. The van der Waals surface area contributed by atoms with Crippen molar-refractivity contribution in [3.05, 3.63) is 85.8 Å². The van der Waals surface area contributed by atoms with Gasteiger partial charge in [0.1, 0.15) is 17.0 Å². The summed E-state index contributed by atoms with van der Waals surface area (Å²) in [7, 11) is 0. The van der Waals surface area contributed by atoms with Gasteiger partial charge in [-0.15, -0.1) is 16.4 Å². The fraction of sp³-hybridized carbons (Fsp3) is 0.217. The van der Waals surface area contributed by atoms with Gasteiger partial charge in [0.2, 0.25) is 11.7 Å². The number of benzene rings is 1. The van der Waals surface area contributed by atoms with E-state index >= 15 is 0 Å². The average Bonchev–Trinajstić information content (AvgIpc) is 3.59. The molecule has 33 heavy (non-hydrogen) atoms. The number of amides is 1. The zero-order valence-corrected chi connectivity index (χ0v) is 18.3. The Morgan fingerprint density at radius 3 is 2.88 bits per heavy atom. The largest absolute Gasteiger partial charge is 0.467 e. The van der Waals surface area contributed by atoms with Gasteiger partial charge in [-0.3, -0.25) is 14.2 Å². The van der Waals surface area contributed by atoms with Crippen LogP contribution in [0.3, 0.4) is 0 Å². The van der Waals surface area contributed by atoms with Gasteiger partial charge in [-0.1, -0.05) is 6.07 Å². The van der Waals surface area contributed by atoms with Gasteiger partial charge in [-0.05, 0) is 66.1 Å². The maximum absolute atomic E-state index is 13.2. The van der Waals surface area contributed by atoms with Crippen LogP contribution in [0.25, 0.3) is 16.0 Å². The molecule has 0 saturated heterocycles. The molecule has 1 amide bonds. The number of hydrogen-bond acceptors (Lipinski definition) is 6. The number of aromatic nitrogens is 4. The van der Waals surface area contributed by atoms with E-state index in [0.717, 1.165) is 23.9 Å². The summed E-state index contributed by atoms with van der Waals surface area (Å²) in [6.45, 7) is -0.140. The Bertz CT molecular complexity index is 1640. The minimum Gasteiger partial charge on any atom is -0.467 e. The topological polar surface area (TPSA) is 104 Å². The van der Waals surface area contributed by atoms with E-state index in [2.05, 4.69) is 10.4 Å². The molecule has 1 aliphatic carbocycles. The highest BCUT2D eigenvalue weighted by Gasteiger charge is 2.20. The van der Waals surface area contributed by atoms with Crippen LogP contribution in [-0.2, 0) is 30.7 Å². The summed E-state index contributed by atoms with van der Waals surface area (Å²) >= 11 is 1.26. The second-order valence-electron chi connectivity index (χ2n) is 8.07. The number of hydrogen-bond donors (Lipinski definition) is 1. The van der Waals surface area contributed by atoms with Crippen molar-refractivity contribution in [1.82, 2.24) is 18.7 Å². The zero-order valence-electron chi connectivity index (χ0n) is 17.5. The number of anilines is 1. The lowest BCUT2D eigenvalue weighted by molar-refractivity contribution is -0.117. The van der Waals surface area contributed by atoms with Crippen molar-refractivity contribution in [1.29, 1.82) is 0 Å². The molecule has 0 spiro atoms. The molecular formula is C23H19N5O4S. The molecule has 0 saturated carbocycles. The van der Waals surface area contributed by atoms with Crippen LogP contribution in [0.15, 0.2) is 62.0 Å². The number of furan rings is 1. The molecule has 9 nitrogen and oxygen atoms in total. The predicted molar refractivity (Wildman–Crippen MR) is 124 cm³/mol. The summed E-state index contributed by atoms with van der Waals surface area (Å²) in [5, 5.41) is 8.97. The molecule has 10 heteroatoms. The van der Waals surface area contributed by atoms with E-state index < -0.39 is 5.69 Å². The number of carbonyl (C=O) groups is 1. The van der Waals surface area contributed by atoms with E-state index in [-0.39, 0.29) is 30.3 Å². The third-order valence-corrected chi connectivity index (χ3v) is 6.85. The van der Waals surface area contributed by atoms with Gasteiger partial charge in [0.25, 0.3) is 5.56 Å². The minimum atomic E-state index is -0.481. The van der Waals surface area contributed by atoms with Crippen molar-refractivity contribution in [2.75, 3.05) is 5.32 Å². The summed E-state index contributed by atoms with van der Waals surface area (Å²) in [6, 6.07) is 11.1. The first-order valence-corrected chi connectivity index (χ1v) is 11.5. The molecule has 0 atom stereocenters. The molecule has 6 rings (SSSR count). The molecule has 1 aliphatic rings. The molecule has 0 bridgehead atoms. The molecule has 0 aliphatic heterocycles. The van der Waals surface area contributed by atoms with Crippen LogP contribution in [0, 0.1) is 0 Å². The van der Waals surface area contributed by atoms with E-state index in [1.54, 1.807) is 23.6 Å². The van der Waals surface area contributed by atoms with Gasteiger partial charge in [0.15, 0.2) is 0 Å². The second-order valence-corrected chi connectivity index (χ2v) is 8.98. The molecule has 0 unspecified atom stereocenters. The summed E-state index contributed by atoms with van der Waals surface area (Å²) in [4.78, 5) is 39.0. The van der Waals surface area contributed by atoms with Gasteiger partial charge in [0.05, 0.1) is 18.3 Å². The molecular weight excluding hydrogens is 442 g/mol. The smallest absolute Gasteiger partial charge is 0.352 e. The standard InChI is InChI=1S/C23H19N5O4S/c29-19(24-16-7-6-14-3-1-4-15(14)11-16)13-27-23(31)28-18-8-10-33-20(18)21(30)26(22(28)25-27)12-17-5-2-9-32-17/h2,5-11H,1,3-4,12-13H2,(H,24,29). The third kappa shape index (κ3) is 3.30. The minimum absolute atomic E-state index is 0.126. The number of carbonyl (C=O) groups excluding carboxylic acids is 1. The normalized spacial score (nSPS) is 13.1. The number of rotatable bonds is 5. The summed E-state index contributed by atoms with van der Waals surface area (Å²) in [6.07, 6.45) is 4.72. The SMILES string of the molecule is O=C(Cn1nc2n(Cc3ccco3)c(=O)c3sccc3n2c1=O)Nc1ccc2c(c1)CCC2. The molecule has 4 heterocycles. The van der Waals surface area contributed by atoms with E-state index in [0.29, 0.717) is 21.7 Å². The number of fused-ring (bicyclic) bond motifs is 4. The van der Waals surface area contributed by atoms with Crippen LogP contribution in [0.4, 0.5) is 5.69 Å². The van der Waals surface area contributed by atoms with Gasteiger partial charge in [-0.2, -0.15) is 0 Å². The highest BCUT2D eigenvalue weighted by Crippen LogP contribution is 2.25. The Labute approximate surface area is 190 Å². The molecule has 1 aromatic carbocycles. The lowest BCUT2D eigenvalue weighted by Gasteiger charge is -2.07. The van der Waals surface area contributed by atoms with Crippen LogP contribution < -0.4 is 16.6 Å². The Morgan fingerprint density at radius 2 is 2.03 bits per heavy atom. The molecule has 5 aromatic rings. The summed E-state index contributed by atoms with van der Waals surface area (Å²) in [5.41, 5.74) is 3.01. The maximum atomic E-state index is 13.2. The first-order chi connectivity index (χ1) is 16.1. The second kappa shape index (κ2) is 7.59. The molecule has 166 valence electrons.